The summed E-state index contributed by atoms with van der Waals surface area (Å²) in [6, 6.07) is 0. The molecule has 0 rings (SSSR count). The van der Waals surface area contributed by atoms with E-state index in [2.05, 4.69) is 42.9 Å². The highest BCUT2D eigenvalue weighted by molar-refractivity contribution is 6.83. The van der Waals surface area contributed by atoms with Crippen molar-refractivity contribution in [2.45, 2.75) is 65.3 Å². The van der Waals surface area contributed by atoms with Gasteiger partial charge in [-0.25, -0.2) is 0 Å². The van der Waals surface area contributed by atoms with E-state index in [4.69, 9.17) is 4.74 Å². The summed E-state index contributed by atoms with van der Waals surface area (Å²) in [7, 11) is -1.27. The van der Waals surface area contributed by atoms with Crippen molar-refractivity contribution < 1.29 is 9.53 Å². The first-order chi connectivity index (χ1) is 8.18. The Kier molecular flexibility index (Phi) is 6.80. The van der Waals surface area contributed by atoms with Gasteiger partial charge in [0.1, 0.15) is 8.07 Å². The van der Waals surface area contributed by atoms with Crippen molar-refractivity contribution in [1.29, 1.82) is 0 Å². The molecule has 100 valence electrons. The third kappa shape index (κ3) is 8.90. The summed E-state index contributed by atoms with van der Waals surface area (Å²) < 4.78 is 5.27. The Morgan fingerprint density at radius 2 is 1.94 bits per heavy atom. The van der Waals surface area contributed by atoms with Crippen LogP contribution in [-0.4, -0.2) is 19.6 Å². The molecule has 0 heterocycles. The number of unbranched alkanes of at least 4 members (excludes halogenated alkanes) is 1. The van der Waals surface area contributed by atoms with E-state index in [-0.39, 0.29) is 5.97 Å². The van der Waals surface area contributed by atoms with Gasteiger partial charge in [-0.15, -0.1) is 17.4 Å². The summed E-state index contributed by atoms with van der Waals surface area (Å²) in [5.74, 6) is 8.72. The van der Waals surface area contributed by atoms with Gasteiger partial charge in [-0.3, -0.25) is 4.79 Å². The number of hydrogen-bond donors (Lipinski definition) is 0. The summed E-state index contributed by atoms with van der Waals surface area (Å²) >= 11 is 0. The minimum Gasteiger partial charge on any atom is -0.446 e. The molecule has 1 unspecified atom stereocenters. The van der Waals surface area contributed by atoms with E-state index < -0.39 is 13.7 Å². The molecule has 0 aliphatic heterocycles. The number of hydrogen-bond acceptors (Lipinski definition) is 2. The van der Waals surface area contributed by atoms with Crippen LogP contribution in [0, 0.1) is 23.3 Å². The molecule has 0 saturated heterocycles. The van der Waals surface area contributed by atoms with Crippen LogP contribution in [0.15, 0.2) is 0 Å². The lowest BCUT2D eigenvalue weighted by molar-refractivity contribution is -0.150. The first kappa shape index (κ1) is 16.8. The molecule has 3 heteroatoms. The van der Waals surface area contributed by atoms with E-state index in [1.165, 1.54) is 6.92 Å². The fourth-order valence-corrected chi connectivity index (χ4v) is 2.22. The Hall–Kier alpha value is -1.19. The Morgan fingerprint density at radius 3 is 2.39 bits per heavy atom. The molecule has 0 bridgehead atoms. The van der Waals surface area contributed by atoms with Gasteiger partial charge in [0.15, 0.2) is 5.60 Å². The van der Waals surface area contributed by atoms with Crippen molar-refractivity contribution in [3.63, 3.8) is 0 Å². The Morgan fingerprint density at radius 1 is 1.33 bits per heavy atom. The molecule has 0 aliphatic carbocycles. The first-order valence-electron chi connectivity index (χ1n) is 6.32. The smallest absolute Gasteiger partial charge is 0.304 e. The summed E-state index contributed by atoms with van der Waals surface area (Å²) in [5, 5.41) is 0. The number of ether oxygens (including phenoxy) is 1. The van der Waals surface area contributed by atoms with Crippen LogP contribution in [-0.2, 0) is 9.53 Å². The maximum Gasteiger partial charge on any atom is 0.304 e. The number of carbonyl (C=O) groups is 1. The van der Waals surface area contributed by atoms with Crippen molar-refractivity contribution in [1.82, 2.24) is 0 Å². The monoisotopic (exact) mass is 264 g/mol. The number of carbonyl (C=O) groups excluding carboxylic acids is 1. The second-order valence-corrected chi connectivity index (χ2v) is 10.4. The minimum atomic E-state index is -1.27. The van der Waals surface area contributed by atoms with E-state index in [1.807, 2.05) is 6.92 Å². The molecule has 0 fully saturated rings. The third-order valence-electron chi connectivity index (χ3n) is 2.18. The van der Waals surface area contributed by atoms with Crippen molar-refractivity contribution >= 4 is 14.0 Å². The summed E-state index contributed by atoms with van der Waals surface area (Å²) in [4.78, 5) is 11.0. The van der Waals surface area contributed by atoms with E-state index in [1.54, 1.807) is 6.92 Å². The maximum atomic E-state index is 11.0. The normalized spacial score (nSPS) is 13.4. The van der Waals surface area contributed by atoms with Crippen molar-refractivity contribution in [3.05, 3.63) is 0 Å². The van der Waals surface area contributed by atoms with E-state index in [0.717, 1.165) is 19.3 Å². The SMILES string of the molecule is CC#CC(C)(CCCC#C[Si](C)(C)C)OC(C)=O. The van der Waals surface area contributed by atoms with Gasteiger partial charge in [0.25, 0.3) is 0 Å². The van der Waals surface area contributed by atoms with Crippen molar-refractivity contribution in [3.8, 4) is 23.3 Å². The van der Waals surface area contributed by atoms with Crippen LogP contribution in [0.2, 0.25) is 19.6 Å². The number of rotatable bonds is 4. The summed E-state index contributed by atoms with van der Waals surface area (Å²) in [6.07, 6.45) is 2.47. The fraction of sp³-hybridized carbons (Fsp3) is 0.667. The lowest BCUT2D eigenvalue weighted by Crippen LogP contribution is -2.29. The average Bonchev–Trinajstić information content (AvgIpc) is 2.14. The van der Waals surface area contributed by atoms with Gasteiger partial charge >= 0.3 is 5.97 Å². The van der Waals surface area contributed by atoms with E-state index in [0.29, 0.717) is 0 Å². The summed E-state index contributed by atoms with van der Waals surface area (Å²) in [5.41, 5.74) is 2.66. The predicted molar refractivity (Wildman–Crippen MR) is 78.6 cm³/mol. The standard InChI is InChI=1S/C15H24O2Si/c1-7-11-15(3,17-14(2)16)12-9-8-10-13-18(4,5)6/h8-9,12H2,1-6H3. The zero-order valence-electron chi connectivity index (χ0n) is 12.4. The van der Waals surface area contributed by atoms with E-state index >= 15 is 0 Å². The topological polar surface area (TPSA) is 26.3 Å². The molecule has 0 aromatic heterocycles. The molecule has 0 radical (unpaired) electrons. The van der Waals surface area contributed by atoms with Crippen molar-refractivity contribution in [2.24, 2.45) is 0 Å². The average molecular weight is 264 g/mol. The highest BCUT2D eigenvalue weighted by atomic mass is 28.3. The molecule has 0 amide bonds. The summed E-state index contributed by atoms with van der Waals surface area (Å²) in [6.45, 7) is 11.7. The van der Waals surface area contributed by atoms with Gasteiger partial charge in [-0.2, -0.15) is 0 Å². The van der Waals surface area contributed by atoms with Gasteiger partial charge < -0.3 is 4.74 Å². The van der Waals surface area contributed by atoms with Crippen LogP contribution in [0.25, 0.3) is 0 Å². The predicted octanol–water partition coefficient (Wildman–Crippen LogP) is 3.38. The molecule has 0 saturated carbocycles. The molecule has 18 heavy (non-hydrogen) atoms. The lowest BCUT2D eigenvalue weighted by Gasteiger charge is -2.22. The molecular weight excluding hydrogens is 240 g/mol. The fourth-order valence-electron chi connectivity index (χ4n) is 1.56. The quantitative estimate of drug-likeness (QED) is 0.337. The molecule has 2 nitrogen and oxygen atoms in total. The maximum absolute atomic E-state index is 11.0. The second kappa shape index (κ2) is 7.29. The first-order valence-corrected chi connectivity index (χ1v) is 9.82. The van der Waals surface area contributed by atoms with Crippen LogP contribution >= 0.6 is 0 Å². The van der Waals surface area contributed by atoms with Gasteiger partial charge in [0, 0.05) is 13.3 Å². The Balaban J connectivity index is 4.31. The van der Waals surface area contributed by atoms with Crippen LogP contribution < -0.4 is 0 Å². The molecule has 0 aromatic rings. The highest BCUT2D eigenvalue weighted by Crippen LogP contribution is 2.18. The van der Waals surface area contributed by atoms with Crippen molar-refractivity contribution in [2.75, 3.05) is 0 Å². The lowest BCUT2D eigenvalue weighted by atomic mass is 9.99. The molecular formula is C15H24O2Si. The van der Waals surface area contributed by atoms with E-state index in [9.17, 15) is 4.79 Å². The molecule has 0 N–H and O–H groups in total. The van der Waals surface area contributed by atoms with Crippen LogP contribution in [0.3, 0.4) is 0 Å². The molecule has 0 aromatic carbocycles. The van der Waals surface area contributed by atoms with Gasteiger partial charge in [0.2, 0.25) is 0 Å². The minimum absolute atomic E-state index is 0.284. The number of esters is 1. The van der Waals surface area contributed by atoms with Gasteiger partial charge in [-0.05, 0) is 26.7 Å². The molecule has 0 aliphatic rings. The largest absolute Gasteiger partial charge is 0.446 e. The van der Waals surface area contributed by atoms with Gasteiger partial charge in [0.05, 0.1) is 0 Å². The molecule has 0 spiro atoms. The third-order valence-corrected chi connectivity index (χ3v) is 3.10. The molecule has 1 atom stereocenters. The van der Waals surface area contributed by atoms with Crippen LogP contribution in [0.5, 0.6) is 0 Å². The Labute approximate surface area is 113 Å². The highest BCUT2D eigenvalue weighted by Gasteiger charge is 2.24. The Bertz CT molecular complexity index is 398. The zero-order chi connectivity index (χ0) is 14.2. The zero-order valence-corrected chi connectivity index (χ0v) is 13.4. The van der Waals surface area contributed by atoms with Gasteiger partial charge in [-0.1, -0.05) is 25.6 Å². The van der Waals surface area contributed by atoms with Crippen LogP contribution in [0.4, 0.5) is 0 Å². The van der Waals surface area contributed by atoms with Crippen LogP contribution in [0.1, 0.15) is 40.0 Å². The second-order valence-electron chi connectivity index (χ2n) is 5.60.